The number of rotatable bonds is 7. The number of aromatic amines is 1. The van der Waals surface area contributed by atoms with Gasteiger partial charge in [-0.05, 0) is 24.6 Å². The van der Waals surface area contributed by atoms with Gasteiger partial charge in [0.15, 0.2) is 0 Å². The van der Waals surface area contributed by atoms with Crippen LogP contribution in [0.1, 0.15) is 16.8 Å². The van der Waals surface area contributed by atoms with Crippen LogP contribution in [0.15, 0.2) is 24.4 Å². The number of aliphatic hydroxyl groups is 1. The van der Waals surface area contributed by atoms with E-state index in [0.717, 1.165) is 17.3 Å². The van der Waals surface area contributed by atoms with Crippen molar-refractivity contribution in [2.45, 2.75) is 6.42 Å². The van der Waals surface area contributed by atoms with Crippen molar-refractivity contribution in [3.63, 3.8) is 0 Å². The van der Waals surface area contributed by atoms with Crippen molar-refractivity contribution in [1.29, 1.82) is 0 Å². The van der Waals surface area contributed by atoms with Crippen LogP contribution in [0.3, 0.4) is 0 Å². The summed E-state index contributed by atoms with van der Waals surface area (Å²) in [6.45, 7) is 1.44. The normalized spacial score (nSPS) is 10.8. The van der Waals surface area contributed by atoms with Gasteiger partial charge < -0.3 is 15.2 Å². The summed E-state index contributed by atoms with van der Waals surface area (Å²) in [6, 6.07) is 5.40. The van der Waals surface area contributed by atoms with Crippen molar-refractivity contribution in [2.24, 2.45) is 0 Å². The van der Waals surface area contributed by atoms with Crippen LogP contribution in [0.5, 0.6) is 0 Å². The molecule has 0 atom stereocenters. The third-order valence-electron chi connectivity index (χ3n) is 2.69. The van der Waals surface area contributed by atoms with Crippen LogP contribution in [0, 0.1) is 0 Å². The second-order valence-corrected chi connectivity index (χ2v) is 4.12. The molecule has 0 spiro atoms. The maximum absolute atomic E-state index is 11.9. The number of nitrogens with one attached hydrogen (secondary N) is 2. The van der Waals surface area contributed by atoms with E-state index in [4.69, 9.17) is 9.84 Å². The Kier molecular flexibility index (Phi) is 4.88. The fraction of sp³-hybridized carbons (Fsp3) is 0.385. The number of ether oxygens (including phenoxy) is 1. The van der Waals surface area contributed by atoms with Crippen molar-refractivity contribution in [3.05, 3.63) is 30.0 Å². The molecule has 1 aromatic heterocycles. The number of hydrogen-bond acceptors (Lipinski definition) is 4. The lowest BCUT2D eigenvalue weighted by molar-refractivity contribution is 0.0867. The van der Waals surface area contributed by atoms with Gasteiger partial charge in [-0.15, -0.1) is 0 Å². The van der Waals surface area contributed by atoms with Crippen LogP contribution in [-0.2, 0) is 4.74 Å². The molecular formula is C13H17N3O3. The molecule has 0 radical (unpaired) electrons. The van der Waals surface area contributed by atoms with E-state index in [1.54, 1.807) is 18.3 Å². The topological polar surface area (TPSA) is 87.2 Å². The second kappa shape index (κ2) is 6.86. The Hall–Kier alpha value is -1.92. The molecule has 19 heavy (non-hydrogen) atoms. The number of amides is 1. The summed E-state index contributed by atoms with van der Waals surface area (Å²) < 4.78 is 5.10. The van der Waals surface area contributed by atoms with Gasteiger partial charge >= 0.3 is 0 Å². The van der Waals surface area contributed by atoms with Crippen molar-refractivity contribution in [2.75, 3.05) is 26.4 Å². The molecule has 1 aromatic carbocycles. The van der Waals surface area contributed by atoms with Crippen molar-refractivity contribution < 1.29 is 14.6 Å². The van der Waals surface area contributed by atoms with Gasteiger partial charge in [0.1, 0.15) is 0 Å². The number of carbonyl (C=O) groups is 1. The zero-order valence-electron chi connectivity index (χ0n) is 10.6. The number of H-pyrrole nitrogens is 1. The fourth-order valence-electron chi connectivity index (χ4n) is 1.73. The molecular weight excluding hydrogens is 246 g/mol. The second-order valence-electron chi connectivity index (χ2n) is 4.12. The molecule has 6 nitrogen and oxygen atoms in total. The zero-order valence-corrected chi connectivity index (χ0v) is 10.6. The highest BCUT2D eigenvalue weighted by Gasteiger charge is 2.06. The maximum atomic E-state index is 11.9. The maximum Gasteiger partial charge on any atom is 0.251 e. The monoisotopic (exact) mass is 263 g/mol. The molecule has 0 saturated heterocycles. The number of nitrogens with zero attached hydrogens (tertiary/aromatic N) is 1. The molecule has 1 heterocycles. The summed E-state index contributed by atoms with van der Waals surface area (Å²) in [5.41, 5.74) is 1.53. The summed E-state index contributed by atoms with van der Waals surface area (Å²) in [5, 5.41) is 19.0. The van der Waals surface area contributed by atoms with Crippen LogP contribution < -0.4 is 5.32 Å². The summed E-state index contributed by atoms with van der Waals surface area (Å²) in [6.07, 6.45) is 2.41. The lowest BCUT2D eigenvalue weighted by atomic mass is 10.1. The zero-order chi connectivity index (χ0) is 13.5. The molecule has 3 N–H and O–H groups in total. The van der Waals surface area contributed by atoms with Crippen molar-refractivity contribution in [3.8, 4) is 0 Å². The molecule has 0 fully saturated rings. The highest BCUT2D eigenvalue weighted by Crippen LogP contribution is 2.12. The largest absolute Gasteiger partial charge is 0.394 e. The molecule has 102 valence electrons. The Morgan fingerprint density at radius 3 is 3.16 bits per heavy atom. The molecule has 0 bridgehead atoms. The SMILES string of the molecule is O=C(NCCCOCCO)c1ccc2[nH]ncc2c1. The standard InChI is InChI=1S/C13H17N3O3/c17-5-7-19-6-1-4-14-13(18)10-2-3-12-11(8-10)9-15-16-12/h2-3,8-9,17H,1,4-7H2,(H,14,18)(H,15,16). The van der Waals surface area contributed by atoms with Crippen molar-refractivity contribution in [1.82, 2.24) is 15.5 Å². The quantitative estimate of drug-likeness (QED) is 0.641. The van der Waals surface area contributed by atoms with Gasteiger partial charge in [0.25, 0.3) is 5.91 Å². The minimum atomic E-state index is -0.106. The first-order chi connectivity index (χ1) is 9.31. The van der Waals surface area contributed by atoms with Gasteiger partial charge in [-0.2, -0.15) is 5.10 Å². The number of aromatic nitrogens is 2. The van der Waals surface area contributed by atoms with E-state index in [1.807, 2.05) is 6.07 Å². The Balaban J connectivity index is 1.79. The molecule has 0 aliphatic rings. The van der Waals surface area contributed by atoms with Crippen LogP contribution in [0.2, 0.25) is 0 Å². The van der Waals surface area contributed by atoms with Crippen LogP contribution in [-0.4, -0.2) is 47.6 Å². The summed E-state index contributed by atoms with van der Waals surface area (Å²) in [4.78, 5) is 11.9. The van der Waals surface area contributed by atoms with E-state index >= 15 is 0 Å². The molecule has 2 aromatic rings. The average molecular weight is 263 g/mol. The number of benzene rings is 1. The Labute approximate surface area is 110 Å². The first-order valence-electron chi connectivity index (χ1n) is 6.21. The Morgan fingerprint density at radius 2 is 2.32 bits per heavy atom. The number of hydrogen-bond donors (Lipinski definition) is 3. The molecule has 0 aliphatic carbocycles. The molecule has 0 aliphatic heterocycles. The molecule has 1 amide bonds. The third kappa shape index (κ3) is 3.77. The number of carbonyl (C=O) groups excluding carboxylic acids is 1. The van der Waals surface area contributed by atoms with Gasteiger partial charge in [-0.1, -0.05) is 0 Å². The van der Waals surface area contributed by atoms with E-state index in [0.29, 0.717) is 25.3 Å². The van der Waals surface area contributed by atoms with E-state index in [-0.39, 0.29) is 12.5 Å². The predicted octanol–water partition coefficient (Wildman–Crippen LogP) is 0.692. The van der Waals surface area contributed by atoms with Crippen LogP contribution in [0.25, 0.3) is 10.9 Å². The van der Waals surface area contributed by atoms with Gasteiger partial charge in [0.05, 0.1) is 24.9 Å². The fourth-order valence-corrected chi connectivity index (χ4v) is 1.73. The minimum absolute atomic E-state index is 0.0249. The number of fused-ring (bicyclic) bond motifs is 1. The highest BCUT2D eigenvalue weighted by molar-refractivity contribution is 5.97. The minimum Gasteiger partial charge on any atom is -0.394 e. The first kappa shape index (κ1) is 13.5. The molecule has 2 rings (SSSR count). The number of aliphatic hydroxyl groups excluding tert-OH is 1. The summed E-state index contributed by atoms with van der Waals surface area (Å²) in [7, 11) is 0. The third-order valence-corrected chi connectivity index (χ3v) is 2.69. The predicted molar refractivity (Wildman–Crippen MR) is 70.9 cm³/mol. The van der Waals surface area contributed by atoms with Gasteiger partial charge in [0, 0.05) is 24.1 Å². The van der Waals surface area contributed by atoms with E-state index in [1.165, 1.54) is 0 Å². The highest BCUT2D eigenvalue weighted by atomic mass is 16.5. The van der Waals surface area contributed by atoms with Gasteiger partial charge in [-0.3, -0.25) is 9.89 Å². The van der Waals surface area contributed by atoms with E-state index < -0.39 is 0 Å². The lowest BCUT2D eigenvalue weighted by Gasteiger charge is -2.05. The average Bonchev–Trinajstić information content (AvgIpc) is 2.89. The molecule has 6 heteroatoms. The van der Waals surface area contributed by atoms with E-state index in [2.05, 4.69) is 15.5 Å². The molecule has 0 unspecified atom stereocenters. The molecule has 0 saturated carbocycles. The lowest BCUT2D eigenvalue weighted by Crippen LogP contribution is -2.25. The van der Waals surface area contributed by atoms with Gasteiger partial charge in [-0.25, -0.2) is 0 Å². The Bertz CT molecular complexity index is 539. The summed E-state index contributed by atoms with van der Waals surface area (Å²) >= 11 is 0. The van der Waals surface area contributed by atoms with Crippen LogP contribution >= 0.6 is 0 Å². The van der Waals surface area contributed by atoms with Crippen molar-refractivity contribution >= 4 is 16.8 Å². The summed E-state index contributed by atoms with van der Waals surface area (Å²) in [5.74, 6) is -0.106. The smallest absolute Gasteiger partial charge is 0.251 e. The Morgan fingerprint density at radius 1 is 1.42 bits per heavy atom. The van der Waals surface area contributed by atoms with E-state index in [9.17, 15) is 4.79 Å². The first-order valence-corrected chi connectivity index (χ1v) is 6.21. The van der Waals surface area contributed by atoms with Crippen LogP contribution in [0.4, 0.5) is 0 Å². The van der Waals surface area contributed by atoms with Gasteiger partial charge in [0.2, 0.25) is 0 Å².